The van der Waals surface area contributed by atoms with E-state index < -0.39 is 12.1 Å². The standard InChI is InChI=1S/C14H19NO4S/c1-10(15-13(17)8-20-9-14(18)19)12(16)7-11-5-3-2-4-6-11/h2-6,10,12,16H,7-9H2,1H3,(H,15,17)(H,18,19). The molecule has 0 aromatic heterocycles. The van der Waals surface area contributed by atoms with E-state index in [-0.39, 0.29) is 23.5 Å². The van der Waals surface area contributed by atoms with Crippen molar-refractivity contribution in [3.8, 4) is 0 Å². The van der Waals surface area contributed by atoms with Crippen LogP contribution in [0.5, 0.6) is 0 Å². The van der Waals surface area contributed by atoms with Gasteiger partial charge in [0.1, 0.15) is 0 Å². The van der Waals surface area contributed by atoms with Crippen LogP contribution in [0.3, 0.4) is 0 Å². The minimum Gasteiger partial charge on any atom is -0.481 e. The van der Waals surface area contributed by atoms with Gasteiger partial charge in [0.05, 0.1) is 23.7 Å². The molecule has 1 rings (SSSR count). The molecule has 110 valence electrons. The Morgan fingerprint density at radius 3 is 2.50 bits per heavy atom. The van der Waals surface area contributed by atoms with Crippen molar-refractivity contribution in [1.29, 1.82) is 0 Å². The number of hydrogen-bond donors (Lipinski definition) is 3. The van der Waals surface area contributed by atoms with E-state index in [1.807, 2.05) is 30.3 Å². The van der Waals surface area contributed by atoms with Crippen LogP contribution < -0.4 is 5.32 Å². The fourth-order valence-electron chi connectivity index (χ4n) is 1.66. The van der Waals surface area contributed by atoms with Crippen LogP contribution in [-0.4, -0.2) is 45.7 Å². The highest BCUT2D eigenvalue weighted by Gasteiger charge is 2.17. The normalized spacial score (nSPS) is 13.5. The van der Waals surface area contributed by atoms with Crippen molar-refractivity contribution in [3.63, 3.8) is 0 Å². The molecule has 0 bridgehead atoms. The van der Waals surface area contributed by atoms with Gasteiger partial charge in [0.15, 0.2) is 0 Å². The van der Waals surface area contributed by atoms with Gasteiger partial charge in [-0.2, -0.15) is 0 Å². The lowest BCUT2D eigenvalue weighted by Crippen LogP contribution is -2.42. The lowest BCUT2D eigenvalue weighted by atomic mass is 10.0. The van der Waals surface area contributed by atoms with Crippen LogP contribution in [0.15, 0.2) is 30.3 Å². The maximum atomic E-state index is 11.6. The predicted molar refractivity (Wildman–Crippen MR) is 78.7 cm³/mol. The second-order valence-electron chi connectivity index (χ2n) is 4.50. The van der Waals surface area contributed by atoms with E-state index in [1.54, 1.807) is 6.92 Å². The summed E-state index contributed by atoms with van der Waals surface area (Å²) in [5.74, 6) is -1.24. The van der Waals surface area contributed by atoms with Crippen LogP contribution in [0.1, 0.15) is 12.5 Å². The van der Waals surface area contributed by atoms with E-state index in [4.69, 9.17) is 5.11 Å². The average Bonchev–Trinajstić information content (AvgIpc) is 2.39. The smallest absolute Gasteiger partial charge is 0.313 e. The van der Waals surface area contributed by atoms with Gasteiger partial charge in [0, 0.05) is 6.42 Å². The Bertz CT molecular complexity index is 438. The molecule has 0 heterocycles. The quantitative estimate of drug-likeness (QED) is 0.664. The minimum atomic E-state index is -0.944. The van der Waals surface area contributed by atoms with Gasteiger partial charge in [-0.3, -0.25) is 9.59 Å². The van der Waals surface area contributed by atoms with Crippen molar-refractivity contribution in [2.45, 2.75) is 25.5 Å². The van der Waals surface area contributed by atoms with Gasteiger partial charge in [-0.05, 0) is 12.5 Å². The summed E-state index contributed by atoms with van der Waals surface area (Å²) in [6.07, 6.45) is -0.212. The summed E-state index contributed by atoms with van der Waals surface area (Å²) < 4.78 is 0. The molecule has 0 saturated heterocycles. The van der Waals surface area contributed by atoms with Crippen LogP contribution >= 0.6 is 11.8 Å². The molecule has 0 aliphatic heterocycles. The third-order valence-electron chi connectivity index (χ3n) is 2.71. The number of aliphatic carboxylic acids is 1. The number of carbonyl (C=O) groups is 2. The van der Waals surface area contributed by atoms with E-state index in [1.165, 1.54) is 0 Å². The monoisotopic (exact) mass is 297 g/mol. The topological polar surface area (TPSA) is 86.6 Å². The number of carboxylic acid groups (broad SMARTS) is 1. The van der Waals surface area contributed by atoms with Crippen molar-refractivity contribution < 1.29 is 19.8 Å². The molecular weight excluding hydrogens is 278 g/mol. The number of aliphatic hydroxyl groups is 1. The van der Waals surface area contributed by atoms with Crippen LogP contribution in [-0.2, 0) is 16.0 Å². The van der Waals surface area contributed by atoms with E-state index in [2.05, 4.69) is 5.32 Å². The lowest BCUT2D eigenvalue weighted by molar-refractivity contribution is -0.133. The molecule has 0 fully saturated rings. The second kappa shape index (κ2) is 8.60. The summed E-state index contributed by atoms with van der Waals surface area (Å²) in [5.41, 5.74) is 1.00. The molecule has 5 nitrogen and oxygen atoms in total. The summed E-state index contributed by atoms with van der Waals surface area (Å²) in [7, 11) is 0. The molecule has 0 spiro atoms. The zero-order valence-corrected chi connectivity index (χ0v) is 12.1. The van der Waals surface area contributed by atoms with Crippen LogP contribution in [0.4, 0.5) is 0 Å². The van der Waals surface area contributed by atoms with Gasteiger partial charge in [-0.25, -0.2) is 0 Å². The van der Waals surface area contributed by atoms with Crippen LogP contribution in [0.2, 0.25) is 0 Å². The van der Waals surface area contributed by atoms with Gasteiger partial charge in [0.2, 0.25) is 5.91 Å². The van der Waals surface area contributed by atoms with E-state index in [9.17, 15) is 14.7 Å². The van der Waals surface area contributed by atoms with Gasteiger partial charge in [-0.1, -0.05) is 30.3 Å². The minimum absolute atomic E-state index is 0.0781. The van der Waals surface area contributed by atoms with E-state index in [0.717, 1.165) is 17.3 Å². The third-order valence-corrected chi connectivity index (χ3v) is 3.63. The number of rotatable bonds is 8. The molecule has 1 amide bonds. The Hall–Kier alpha value is -1.53. The summed E-state index contributed by atoms with van der Waals surface area (Å²) in [6, 6.07) is 9.15. The summed E-state index contributed by atoms with van der Waals surface area (Å²) in [6.45, 7) is 1.73. The first-order valence-corrected chi connectivity index (χ1v) is 7.45. The lowest BCUT2D eigenvalue weighted by Gasteiger charge is -2.20. The number of benzene rings is 1. The highest BCUT2D eigenvalue weighted by Crippen LogP contribution is 2.06. The molecule has 0 saturated carbocycles. The maximum absolute atomic E-state index is 11.6. The molecule has 0 aliphatic rings. The Labute approximate surface area is 122 Å². The number of thioether (sulfide) groups is 1. The van der Waals surface area contributed by atoms with Gasteiger partial charge < -0.3 is 15.5 Å². The molecule has 1 aromatic rings. The fourth-order valence-corrected chi connectivity index (χ4v) is 2.20. The van der Waals surface area contributed by atoms with Crippen LogP contribution in [0, 0.1) is 0 Å². The molecule has 1 aromatic carbocycles. The van der Waals surface area contributed by atoms with Gasteiger partial charge in [0.25, 0.3) is 0 Å². The second-order valence-corrected chi connectivity index (χ2v) is 5.49. The van der Waals surface area contributed by atoms with Crippen molar-refractivity contribution in [2.24, 2.45) is 0 Å². The SMILES string of the molecule is CC(NC(=O)CSCC(=O)O)C(O)Cc1ccccc1. The zero-order chi connectivity index (χ0) is 15.0. The molecular formula is C14H19NO4S. The number of aliphatic hydroxyl groups excluding tert-OH is 1. The number of hydrogen-bond acceptors (Lipinski definition) is 4. The van der Waals surface area contributed by atoms with Crippen molar-refractivity contribution in [2.75, 3.05) is 11.5 Å². The summed E-state index contributed by atoms with van der Waals surface area (Å²) in [4.78, 5) is 21.9. The first-order valence-electron chi connectivity index (χ1n) is 6.30. The Morgan fingerprint density at radius 1 is 1.25 bits per heavy atom. The van der Waals surface area contributed by atoms with Crippen molar-refractivity contribution in [3.05, 3.63) is 35.9 Å². The molecule has 3 N–H and O–H groups in total. The molecule has 2 atom stereocenters. The number of amides is 1. The molecule has 2 unspecified atom stereocenters. The zero-order valence-electron chi connectivity index (χ0n) is 11.3. The average molecular weight is 297 g/mol. The highest BCUT2D eigenvalue weighted by molar-refractivity contribution is 8.00. The highest BCUT2D eigenvalue weighted by atomic mass is 32.2. The van der Waals surface area contributed by atoms with Crippen molar-refractivity contribution in [1.82, 2.24) is 5.32 Å². The molecule has 0 aliphatic carbocycles. The first kappa shape index (κ1) is 16.5. The predicted octanol–water partition coefficient (Wildman–Crippen LogP) is 0.912. The Kier molecular flexibility index (Phi) is 7.11. The Morgan fingerprint density at radius 2 is 1.90 bits per heavy atom. The molecule has 6 heteroatoms. The van der Waals surface area contributed by atoms with Gasteiger partial charge in [-0.15, -0.1) is 11.8 Å². The van der Waals surface area contributed by atoms with E-state index >= 15 is 0 Å². The number of carbonyl (C=O) groups excluding carboxylic acids is 1. The largest absolute Gasteiger partial charge is 0.481 e. The third kappa shape index (κ3) is 6.58. The number of carboxylic acids is 1. The van der Waals surface area contributed by atoms with E-state index in [0.29, 0.717) is 6.42 Å². The maximum Gasteiger partial charge on any atom is 0.313 e. The first-order chi connectivity index (χ1) is 9.49. The summed E-state index contributed by atoms with van der Waals surface area (Å²) in [5, 5.41) is 21.2. The fraction of sp³-hybridized carbons (Fsp3) is 0.429. The Balaban J connectivity index is 2.32. The van der Waals surface area contributed by atoms with Gasteiger partial charge >= 0.3 is 5.97 Å². The molecule has 0 radical (unpaired) electrons. The van der Waals surface area contributed by atoms with Crippen LogP contribution in [0.25, 0.3) is 0 Å². The number of nitrogens with one attached hydrogen (secondary N) is 1. The summed E-state index contributed by atoms with van der Waals surface area (Å²) >= 11 is 1.03. The van der Waals surface area contributed by atoms with Crippen molar-refractivity contribution >= 4 is 23.6 Å². The molecule has 20 heavy (non-hydrogen) atoms.